The van der Waals surface area contributed by atoms with Gasteiger partial charge in [0.05, 0.1) is 16.6 Å². The molecule has 1 aromatic carbocycles. The SMILES string of the molecule is CC1(C(O)c2ccc3[nH]c(=O)[nH]c3c2)CCCO1. The second-order valence-corrected chi connectivity index (χ2v) is 5.05. The molecule has 0 saturated carbocycles. The summed E-state index contributed by atoms with van der Waals surface area (Å²) >= 11 is 0. The van der Waals surface area contributed by atoms with E-state index in [-0.39, 0.29) is 5.69 Å². The summed E-state index contributed by atoms with van der Waals surface area (Å²) in [6.07, 6.45) is 1.13. The molecule has 18 heavy (non-hydrogen) atoms. The van der Waals surface area contributed by atoms with E-state index in [1.165, 1.54) is 0 Å². The van der Waals surface area contributed by atoms with Gasteiger partial charge in [0.25, 0.3) is 0 Å². The van der Waals surface area contributed by atoms with Crippen molar-refractivity contribution >= 4 is 11.0 Å². The molecule has 1 aliphatic rings. The van der Waals surface area contributed by atoms with Gasteiger partial charge in [0.15, 0.2) is 0 Å². The molecule has 2 unspecified atom stereocenters. The van der Waals surface area contributed by atoms with Crippen molar-refractivity contribution in [2.24, 2.45) is 0 Å². The summed E-state index contributed by atoms with van der Waals surface area (Å²) in [5.74, 6) is 0. The van der Waals surface area contributed by atoms with E-state index in [1.54, 1.807) is 12.1 Å². The first-order valence-corrected chi connectivity index (χ1v) is 6.12. The highest BCUT2D eigenvalue weighted by atomic mass is 16.5. The molecule has 2 heterocycles. The minimum Gasteiger partial charge on any atom is -0.385 e. The van der Waals surface area contributed by atoms with E-state index < -0.39 is 11.7 Å². The molecule has 3 N–H and O–H groups in total. The van der Waals surface area contributed by atoms with Gasteiger partial charge in [-0.25, -0.2) is 4.79 Å². The summed E-state index contributed by atoms with van der Waals surface area (Å²) in [6.45, 7) is 2.62. The number of aromatic amines is 2. The molecule has 1 saturated heterocycles. The monoisotopic (exact) mass is 248 g/mol. The zero-order chi connectivity index (χ0) is 12.8. The lowest BCUT2D eigenvalue weighted by atomic mass is 9.90. The molecule has 5 heteroatoms. The minimum atomic E-state index is -0.678. The van der Waals surface area contributed by atoms with Gasteiger partial charge in [-0.15, -0.1) is 0 Å². The van der Waals surface area contributed by atoms with Crippen LogP contribution >= 0.6 is 0 Å². The van der Waals surface area contributed by atoms with Crippen molar-refractivity contribution in [1.29, 1.82) is 0 Å². The van der Waals surface area contributed by atoms with Gasteiger partial charge in [0.2, 0.25) is 0 Å². The molecule has 0 bridgehead atoms. The Bertz CT molecular complexity index is 622. The number of nitrogens with one attached hydrogen (secondary N) is 2. The second-order valence-electron chi connectivity index (χ2n) is 5.05. The van der Waals surface area contributed by atoms with Crippen molar-refractivity contribution in [2.45, 2.75) is 31.5 Å². The third-order valence-corrected chi connectivity index (χ3v) is 3.68. The number of hydrogen-bond acceptors (Lipinski definition) is 3. The lowest BCUT2D eigenvalue weighted by molar-refractivity contribution is -0.0795. The molecular weight excluding hydrogens is 232 g/mol. The van der Waals surface area contributed by atoms with Crippen LogP contribution in [0.3, 0.4) is 0 Å². The molecule has 1 fully saturated rings. The number of fused-ring (bicyclic) bond motifs is 1. The maximum atomic E-state index is 11.2. The molecule has 2 atom stereocenters. The van der Waals surface area contributed by atoms with Gasteiger partial charge in [0.1, 0.15) is 6.10 Å². The van der Waals surface area contributed by atoms with Crippen molar-refractivity contribution in [3.8, 4) is 0 Å². The maximum Gasteiger partial charge on any atom is 0.323 e. The summed E-state index contributed by atoms with van der Waals surface area (Å²) in [4.78, 5) is 16.6. The van der Waals surface area contributed by atoms with Crippen LogP contribution < -0.4 is 5.69 Å². The first kappa shape index (κ1) is 11.5. The fourth-order valence-electron chi connectivity index (χ4n) is 2.59. The van der Waals surface area contributed by atoms with Crippen molar-refractivity contribution in [3.05, 3.63) is 34.2 Å². The number of rotatable bonds is 2. The van der Waals surface area contributed by atoms with Gasteiger partial charge < -0.3 is 19.8 Å². The third-order valence-electron chi connectivity index (χ3n) is 3.68. The predicted octanol–water partition coefficient (Wildman–Crippen LogP) is 1.46. The molecule has 96 valence electrons. The van der Waals surface area contributed by atoms with E-state index >= 15 is 0 Å². The number of hydrogen-bond donors (Lipinski definition) is 3. The van der Waals surface area contributed by atoms with Gasteiger partial charge >= 0.3 is 5.69 Å². The Morgan fingerprint density at radius 1 is 1.39 bits per heavy atom. The van der Waals surface area contributed by atoms with E-state index in [0.29, 0.717) is 12.1 Å². The highest BCUT2D eigenvalue weighted by molar-refractivity contribution is 5.75. The molecule has 1 aliphatic heterocycles. The van der Waals surface area contributed by atoms with Crippen molar-refractivity contribution in [1.82, 2.24) is 9.97 Å². The number of imidazole rings is 1. The Hall–Kier alpha value is -1.59. The van der Waals surface area contributed by atoms with Crippen molar-refractivity contribution in [2.75, 3.05) is 6.61 Å². The molecule has 3 rings (SSSR count). The van der Waals surface area contributed by atoms with Crippen molar-refractivity contribution < 1.29 is 9.84 Å². The molecule has 0 amide bonds. The fourth-order valence-corrected chi connectivity index (χ4v) is 2.59. The lowest BCUT2D eigenvalue weighted by Gasteiger charge is -2.29. The van der Waals surface area contributed by atoms with Crippen LogP contribution in [0.25, 0.3) is 11.0 Å². The summed E-state index contributed by atoms with van der Waals surface area (Å²) in [5.41, 5.74) is 1.46. The second kappa shape index (κ2) is 3.96. The van der Waals surface area contributed by atoms with Crippen molar-refractivity contribution in [3.63, 3.8) is 0 Å². The van der Waals surface area contributed by atoms with Crippen LogP contribution in [0, 0.1) is 0 Å². The van der Waals surface area contributed by atoms with Crippen LogP contribution in [-0.4, -0.2) is 27.3 Å². The molecule has 0 spiro atoms. The Kier molecular flexibility index (Phi) is 2.53. The zero-order valence-electron chi connectivity index (χ0n) is 10.2. The number of H-pyrrole nitrogens is 2. The number of aromatic nitrogens is 2. The number of ether oxygens (including phenoxy) is 1. The lowest BCUT2D eigenvalue weighted by Crippen LogP contribution is -2.31. The van der Waals surface area contributed by atoms with Crippen LogP contribution in [0.5, 0.6) is 0 Å². The third kappa shape index (κ3) is 1.76. The first-order valence-electron chi connectivity index (χ1n) is 6.12. The number of aliphatic hydroxyl groups is 1. The fraction of sp³-hybridized carbons (Fsp3) is 0.462. The van der Waals surface area contributed by atoms with E-state index in [4.69, 9.17) is 4.74 Å². The number of aliphatic hydroxyl groups excluding tert-OH is 1. The normalized spacial score (nSPS) is 25.7. The summed E-state index contributed by atoms with van der Waals surface area (Å²) < 4.78 is 5.64. The highest BCUT2D eigenvalue weighted by Crippen LogP contribution is 2.37. The molecular formula is C13H16N2O3. The standard InChI is InChI=1S/C13H16N2O3/c1-13(5-2-6-18-13)11(16)8-3-4-9-10(7-8)15-12(17)14-9/h3-4,7,11,16H,2,5-6H2,1H3,(H2,14,15,17). The van der Waals surface area contributed by atoms with E-state index in [1.807, 2.05) is 13.0 Å². The summed E-state index contributed by atoms with van der Waals surface area (Å²) in [6, 6.07) is 5.42. The molecule has 2 aromatic rings. The topological polar surface area (TPSA) is 78.1 Å². The van der Waals surface area contributed by atoms with E-state index in [2.05, 4.69) is 9.97 Å². The first-order chi connectivity index (χ1) is 8.58. The van der Waals surface area contributed by atoms with Gasteiger partial charge in [0, 0.05) is 6.61 Å². The van der Waals surface area contributed by atoms with Crippen LogP contribution in [0.1, 0.15) is 31.4 Å². The largest absolute Gasteiger partial charge is 0.385 e. The molecule has 5 nitrogen and oxygen atoms in total. The van der Waals surface area contributed by atoms with Crippen LogP contribution in [0.15, 0.2) is 23.0 Å². The summed E-state index contributed by atoms with van der Waals surface area (Å²) in [5, 5.41) is 10.4. The average Bonchev–Trinajstić information content (AvgIpc) is 2.93. The molecule has 1 aromatic heterocycles. The zero-order valence-corrected chi connectivity index (χ0v) is 10.2. The van der Waals surface area contributed by atoms with Gasteiger partial charge in [-0.2, -0.15) is 0 Å². The van der Waals surface area contributed by atoms with Gasteiger partial charge in [-0.05, 0) is 37.5 Å². The summed E-state index contributed by atoms with van der Waals surface area (Å²) in [7, 11) is 0. The van der Waals surface area contributed by atoms with Crippen LogP contribution in [0.4, 0.5) is 0 Å². The Morgan fingerprint density at radius 2 is 2.17 bits per heavy atom. The minimum absolute atomic E-state index is 0.236. The highest BCUT2D eigenvalue weighted by Gasteiger charge is 2.38. The van der Waals surface area contributed by atoms with Gasteiger partial charge in [-0.3, -0.25) is 0 Å². The smallest absolute Gasteiger partial charge is 0.323 e. The molecule has 0 aliphatic carbocycles. The Labute approximate surface area is 104 Å². The van der Waals surface area contributed by atoms with Gasteiger partial charge in [-0.1, -0.05) is 6.07 Å². The average molecular weight is 248 g/mol. The van der Waals surface area contributed by atoms with Crippen LogP contribution in [-0.2, 0) is 4.74 Å². The Morgan fingerprint density at radius 3 is 2.89 bits per heavy atom. The Balaban J connectivity index is 2.00. The molecule has 0 radical (unpaired) electrons. The van der Waals surface area contributed by atoms with E-state index in [0.717, 1.165) is 23.9 Å². The predicted molar refractivity (Wildman–Crippen MR) is 67.5 cm³/mol. The number of benzene rings is 1. The van der Waals surface area contributed by atoms with E-state index in [9.17, 15) is 9.90 Å². The quantitative estimate of drug-likeness (QED) is 0.753. The maximum absolute atomic E-state index is 11.2. The van der Waals surface area contributed by atoms with Crippen LogP contribution in [0.2, 0.25) is 0 Å².